The van der Waals surface area contributed by atoms with Crippen LogP contribution in [0.5, 0.6) is 0 Å². The number of ether oxygens (including phenoxy) is 1. The molecule has 0 amide bonds. The minimum absolute atomic E-state index is 0.225. The SMILES string of the molecule is CCOC(=O)C(C)Sc1nc(C2CC2)n(-c2ccccc2)n1. The molecule has 1 unspecified atom stereocenters. The number of para-hydroxylation sites is 1. The maximum absolute atomic E-state index is 11.7. The number of nitrogens with zero attached hydrogens (tertiary/aromatic N) is 3. The van der Waals surface area contributed by atoms with Crippen LogP contribution in [0.3, 0.4) is 0 Å². The zero-order valence-corrected chi connectivity index (χ0v) is 13.5. The number of rotatable bonds is 6. The number of hydrogen-bond donors (Lipinski definition) is 0. The molecule has 3 rings (SSSR count). The fourth-order valence-electron chi connectivity index (χ4n) is 2.19. The molecule has 1 aromatic carbocycles. The summed E-state index contributed by atoms with van der Waals surface area (Å²) in [4.78, 5) is 16.4. The van der Waals surface area contributed by atoms with Crippen LogP contribution in [-0.2, 0) is 9.53 Å². The van der Waals surface area contributed by atoms with E-state index in [-0.39, 0.29) is 11.2 Å². The topological polar surface area (TPSA) is 57.0 Å². The Balaban J connectivity index is 1.83. The molecule has 2 aromatic rings. The first-order valence-electron chi connectivity index (χ1n) is 7.54. The summed E-state index contributed by atoms with van der Waals surface area (Å²) in [5.41, 5.74) is 1.01. The molecule has 0 bridgehead atoms. The van der Waals surface area contributed by atoms with Crippen LogP contribution in [0, 0.1) is 0 Å². The lowest BCUT2D eigenvalue weighted by Crippen LogP contribution is -2.16. The highest BCUT2D eigenvalue weighted by Gasteiger charge is 2.31. The minimum Gasteiger partial charge on any atom is -0.465 e. The van der Waals surface area contributed by atoms with Gasteiger partial charge in [0.2, 0.25) is 5.16 Å². The van der Waals surface area contributed by atoms with Gasteiger partial charge in [-0.2, -0.15) is 0 Å². The average molecular weight is 317 g/mol. The number of thioether (sulfide) groups is 1. The van der Waals surface area contributed by atoms with Crippen molar-refractivity contribution in [3.8, 4) is 5.69 Å². The van der Waals surface area contributed by atoms with Crippen molar-refractivity contribution in [1.82, 2.24) is 14.8 Å². The fraction of sp³-hybridized carbons (Fsp3) is 0.438. The Kier molecular flexibility index (Phi) is 4.47. The maximum atomic E-state index is 11.7. The standard InChI is InChI=1S/C16H19N3O2S/c1-3-21-15(20)11(2)22-16-17-14(12-9-10-12)19(18-16)13-7-5-4-6-8-13/h4-8,11-12H,3,9-10H2,1-2H3. The Labute approximate surface area is 134 Å². The molecule has 0 spiro atoms. The largest absolute Gasteiger partial charge is 0.465 e. The third-order valence-corrected chi connectivity index (χ3v) is 4.39. The van der Waals surface area contributed by atoms with Crippen LogP contribution in [0.4, 0.5) is 0 Å². The third kappa shape index (κ3) is 3.32. The van der Waals surface area contributed by atoms with Gasteiger partial charge in [0, 0.05) is 5.92 Å². The summed E-state index contributed by atoms with van der Waals surface area (Å²) in [5, 5.41) is 4.91. The summed E-state index contributed by atoms with van der Waals surface area (Å²) in [6.45, 7) is 4.02. The lowest BCUT2D eigenvalue weighted by molar-refractivity contribution is -0.142. The zero-order valence-electron chi connectivity index (χ0n) is 12.7. The molecule has 0 aliphatic heterocycles. The van der Waals surface area contributed by atoms with E-state index in [1.54, 1.807) is 0 Å². The molecule has 1 aliphatic rings. The highest BCUT2D eigenvalue weighted by atomic mass is 32.2. The number of carbonyl (C=O) groups excluding carboxylic acids is 1. The van der Waals surface area contributed by atoms with Crippen LogP contribution < -0.4 is 0 Å². The van der Waals surface area contributed by atoms with E-state index in [2.05, 4.69) is 10.1 Å². The van der Waals surface area contributed by atoms with E-state index in [0.717, 1.165) is 24.4 Å². The van der Waals surface area contributed by atoms with Crippen LogP contribution in [0.25, 0.3) is 5.69 Å². The Hall–Kier alpha value is -1.82. The molecule has 1 aromatic heterocycles. The van der Waals surface area contributed by atoms with Gasteiger partial charge in [-0.05, 0) is 38.8 Å². The van der Waals surface area contributed by atoms with Gasteiger partial charge in [-0.1, -0.05) is 30.0 Å². The van der Waals surface area contributed by atoms with Crippen LogP contribution in [0.15, 0.2) is 35.5 Å². The summed E-state index contributed by atoms with van der Waals surface area (Å²) in [6.07, 6.45) is 2.31. The number of carbonyl (C=O) groups is 1. The van der Waals surface area contributed by atoms with Crippen molar-refractivity contribution in [3.05, 3.63) is 36.2 Å². The quantitative estimate of drug-likeness (QED) is 0.605. The van der Waals surface area contributed by atoms with E-state index in [4.69, 9.17) is 4.74 Å². The normalized spacial score (nSPS) is 15.5. The van der Waals surface area contributed by atoms with E-state index in [1.807, 2.05) is 48.9 Å². The van der Waals surface area contributed by atoms with Crippen molar-refractivity contribution >= 4 is 17.7 Å². The molecule has 1 heterocycles. The molecular weight excluding hydrogens is 298 g/mol. The Bertz CT molecular complexity index is 653. The maximum Gasteiger partial charge on any atom is 0.319 e. The van der Waals surface area contributed by atoms with E-state index < -0.39 is 0 Å². The van der Waals surface area contributed by atoms with Crippen molar-refractivity contribution in [1.29, 1.82) is 0 Å². The fourth-order valence-corrected chi connectivity index (χ4v) is 2.94. The predicted molar refractivity (Wildman–Crippen MR) is 85.3 cm³/mol. The average Bonchev–Trinajstić information content (AvgIpc) is 3.29. The molecule has 1 atom stereocenters. The Morgan fingerprint density at radius 2 is 2.14 bits per heavy atom. The van der Waals surface area contributed by atoms with E-state index in [9.17, 15) is 4.79 Å². The minimum atomic E-state index is -0.307. The summed E-state index contributed by atoms with van der Waals surface area (Å²) >= 11 is 1.35. The van der Waals surface area contributed by atoms with Crippen molar-refractivity contribution in [2.45, 2.75) is 43.0 Å². The van der Waals surface area contributed by atoms with Gasteiger partial charge in [-0.3, -0.25) is 4.79 Å². The van der Waals surface area contributed by atoms with Gasteiger partial charge < -0.3 is 4.74 Å². The monoisotopic (exact) mass is 317 g/mol. The smallest absolute Gasteiger partial charge is 0.319 e. The van der Waals surface area contributed by atoms with Gasteiger partial charge in [0.1, 0.15) is 11.1 Å². The van der Waals surface area contributed by atoms with Gasteiger partial charge in [0.05, 0.1) is 12.3 Å². The van der Waals surface area contributed by atoms with Gasteiger partial charge in [0.25, 0.3) is 0 Å². The van der Waals surface area contributed by atoms with Crippen LogP contribution in [-0.4, -0.2) is 32.6 Å². The van der Waals surface area contributed by atoms with Crippen LogP contribution >= 0.6 is 11.8 Å². The van der Waals surface area contributed by atoms with E-state index in [1.165, 1.54) is 11.8 Å². The number of esters is 1. The third-order valence-electron chi connectivity index (χ3n) is 3.46. The van der Waals surface area contributed by atoms with Crippen LogP contribution in [0.1, 0.15) is 38.4 Å². The first-order chi connectivity index (χ1) is 10.7. The molecule has 0 saturated heterocycles. The predicted octanol–water partition coefficient (Wildman–Crippen LogP) is 3.19. The molecular formula is C16H19N3O2S. The molecule has 5 nitrogen and oxygen atoms in total. The van der Waals surface area contributed by atoms with Gasteiger partial charge in [-0.15, -0.1) is 5.10 Å². The van der Waals surface area contributed by atoms with Gasteiger partial charge >= 0.3 is 5.97 Å². The molecule has 1 aliphatic carbocycles. The lowest BCUT2D eigenvalue weighted by Gasteiger charge is -2.07. The molecule has 0 N–H and O–H groups in total. The van der Waals surface area contributed by atoms with Crippen molar-refractivity contribution in [2.24, 2.45) is 0 Å². The summed E-state index contributed by atoms with van der Waals surface area (Å²) in [6, 6.07) is 9.99. The number of aromatic nitrogens is 3. The first kappa shape index (κ1) is 15.1. The summed E-state index contributed by atoms with van der Waals surface area (Å²) in [7, 11) is 0. The Morgan fingerprint density at radius 1 is 1.41 bits per heavy atom. The van der Waals surface area contributed by atoms with E-state index >= 15 is 0 Å². The zero-order chi connectivity index (χ0) is 15.5. The molecule has 1 fully saturated rings. The van der Waals surface area contributed by atoms with E-state index in [0.29, 0.717) is 17.7 Å². The van der Waals surface area contributed by atoms with Crippen molar-refractivity contribution in [2.75, 3.05) is 6.61 Å². The highest BCUT2D eigenvalue weighted by molar-refractivity contribution is 8.00. The van der Waals surface area contributed by atoms with Crippen molar-refractivity contribution in [3.63, 3.8) is 0 Å². The van der Waals surface area contributed by atoms with Gasteiger partial charge in [0.15, 0.2) is 0 Å². The first-order valence-corrected chi connectivity index (χ1v) is 8.42. The summed E-state index contributed by atoms with van der Waals surface area (Å²) < 4.78 is 6.94. The Morgan fingerprint density at radius 3 is 2.77 bits per heavy atom. The molecule has 22 heavy (non-hydrogen) atoms. The second-order valence-electron chi connectivity index (χ2n) is 5.29. The molecule has 116 valence electrons. The molecule has 6 heteroatoms. The van der Waals surface area contributed by atoms with Crippen LogP contribution in [0.2, 0.25) is 0 Å². The second kappa shape index (κ2) is 6.52. The molecule has 0 radical (unpaired) electrons. The highest BCUT2D eigenvalue weighted by Crippen LogP contribution is 2.40. The van der Waals surface area contributed by atoms with Gasteiger partial charge in [-0.25, -0.2) is 9.67 Å². The van der Waals surface area contributed by atoms with Crippen molar-refractivity contribution < 1.29 is 9.53 Å². The number of benzene rings is 1. The molecule has 1 saturated carbocycles. The summed E-state index contributed by atoms with van der Waals surface area (Å²) in [5.74, 6) is 1.25. The second-order valence-corrected chi connectivity index (χ2v) is 6.59. The lowest BCUT2D eigenvalue weighted by atomic mass is 10.3. The number of hydrogen-bond acceptors (Lipinski definition) is 5.